The molecule has 0 aliphatic heterocycles. The highest BCUT2D eigenvalue weighted by Gasteiger charge is 2.11. The van der Waals surface area contributed by atoms with Crippen LogP contribution in [0.5, 0.6) is 0 Å². The van der Waals surface area contributed by atoms with E-state index in [2.05, 4.69) is 20.3 Å². The first-order valence-electron chi connectivity index (χ1n) is 5.81. The number of hydrogen-bond acceptors (Lipinski definition) is 5. The third kappa shape index (κ3) is 2.76. The van der Waals surface area contributed by atoms with Crippen LogP contribution in [0.4, 0.5) is 5.95 Å². The summed E-state index contributed by atoms with van der Waals surface area (Å²) in [5, 5.41) is 21.1. The summed E-state index contributed by atoms with van der Waals surface area (Å²) >= 11 is 0. The fourth-order valence-electron chi connectivity index (χ4n) is 1.75. The third-order valence-electron chi connectivity index (χ3n) is 2.82. The summed E-state index contributed by atoms with van der Waals surface area (Å²) in [5.41, 5.74) is 8.32. The van der Waals surface area contributed by atoms with Crippen LogP contribution in [0.25, 0.3) is 11.0 Å². The van der Waals surface area contributed by atoms with Gasteiger partial charge in [0.2, 0.25) is 0 Å². The van der Waals surface area contributed by atoms with Crippen molar-refractivity contribution < 1.29 is 15.2 Å². The summed E-state index contributed by atoms with van der Waals surface area (Å²) in [5.74, 6) is 0.230. The Morgan fingerprint density at radius 2 is 2.22 bits per heavy atom. The number of aliphatic hydroxyl groups is 2. The highest BCUT2D eigenvalue weighted by atomic mass is 16.3. The van der Waals surface area contributed by atoms with Gasteiger partial charge in [-0.3, -0.25) is 5.73 Å². The Bertz CT molecular complexity index is 509. The van der Waals surface area contributed by atoms with Gasteiger partial charge in [0.05, 0.1) is 6.20 Å². The summed E-state index contributed by atoms with van der Waals surface area (Å²) in [6.45, 7) is 1.09. The molecule has 0 amide bonds. The van der Waals surface area contributed by atoms with E-state index in [9.17, 15) is 0 Å². The van der Waals surface area contributed by atoms with E-state index in [4.69, 9.17) is 15.9 Å². The highest BCUT2D eigenvalue weighted by Crippen LogP contribution is 2.14. The van der Waals surface area contributed by atoms with Gasteiger partial charge in [-0.25, -0.2) is 4.98 Å². The molecule has 0 aliphatic rings. The van der Waals surface area contributed by atoms with Gasteiger partial charge in [0.25, 0.3) is 0 Å². The normalized spacial score (nSPS) is 11.5. The fourth-order valence-corrected chi connectivity index (χ4v) is 1.75. The minimum Gasteiger partial charge on any atom is -0.396 e. The van der Waals surface area contributed by atoms with E-state index in [0.29, 0.717) is 19.0 Å². The van der Waals surface area contributed by atoms with Gasteiger partial charge >= 0.3 is 5.95 Å². The van der Waals surface area contributed by atoms with Gasteiger partial charge in [0.15, 0.2) is 5.52 Å². The predicted octanol–water partition coefficient (Wildman–Crippen LogP) is -1.35. The Balaban J connectivity index is 2.01. The standard InChI is InChI=1S/C11H17N5O2/c12-11-15-4-9-10(16-11)8(3-14-9)2-13-1-7(5-17)6-18/h3-4,7,13-14,17-18H,1-2,5-6H2,(H2,12,15,16)/p+1. The maximum absolute atomic E-state index is 8.95. The third-order valence-corrected chi connectivity index (χ3v) is 2.82. The second-order valence-corrected chi connectivity index (χ2v) is 4.22. The van der Waals surface area contributed by atoms with Gasteiger partial charge in [0.1, 0.15) is 5.52 Å². The van der Waals surface area contributed by atoms with Crippen molar-refractivity contribution in [1.29, 1.82) is 0 Å². The van der Waals surface area contributed by atoms with E-state index < -0.39 is 0 Å². The summed E-state index contributed by atoms with van der Waals surface area (Å²) in [6, 6.07) is 0. The maximum atomic E-state index is 8.95. The van der Waals surface area contributed by atoms with Crippen LogP contribution in [0.1, 0.15) is 5.56 Å². The summed E-state index contributed by atoms with van der Waals surface area (Å²) in [7, 11) is 0. The number of aromatic nitrogens is 3. The highest BCUT2D eigenvalue weighted by molar-refractivity contribution is 5.77. The zero-order valence-electron chi connectivity index (χ0n) is 9.98. The number of aliphatic hydroxyl groups excluding tert-OH is 2. The van der Waals surface area contributed by atoms with Crippen LogP contribution in [0, 0.1) is 5.92 Å². The lowest BCUT2D eigenvalue weighted by Gasteiger charge is -2.10. The monoisotopic (exact) mass is 252 g/mol. The van der Waals surface area contributed by atoms with E-state index >= 15 is 0 Å². The SMILES string of the molecule is Nc1nc2c(CNCC(CO)CO)c[nH]c2c[nH+]1. The van der Waals surface area contributed by atoms with Crippen molar-refractivity contribution >= 4 is 17.0 Å². The molecule has 2 aromatic rings. The second-order valence-electron chi connectivity index (χ2n) is 4.22. The van der Waals surface area contributed by atoms with Crippen LogP contribution in [0.2, 0.25) is 0 Å². The molecule has 7 nitrogen and oxygen atoms in total. The van der Waals surface area contributed by atoms with Crippen molar-refractivity contribution in [3.05, 3.63) is 18.0 Å². The molecule has 98 valence electrons. The van der Waals surface area contributed by atoms with Gasteiger partial charge < -0.3 is 20.5 Å². The average Bonchev–Trinajstić information content (AvgIpc) is 2.77. The number of hydrogen-bond donors (Lipinski definition) is 5. The zero-order valence-corrected chi connectivity index (χ0v) is 9.98. The van der Waals surface area contributed by atoms with E-state index in [1.165, 1.54) is 0 Å². The second kappa shape index (κ2) is 5.76. The number of nitrogens with two attached hydrogens (primary N) is 1. The molecule has 2 heterocycles. The van der Waals surface area contributed by atoms with E-state index in [-0.39, 0.29) is 19.1 Å². The molecule has 0 spiro atoms. The lowest BCUT2D eigenvalue weighted by atomic mass is 10.2. The number of nitrogens with one attached hydrogen (secondary N) is 3. The number of anilines is 1. The zero-order chi connectivity index (χ0) is 13.0. The molecule has 0 aliphatic carbocycles. The smallest absolute Gasteiger partial charge is 0.387 e. The van der Waals surface area contributed by atoms with E-state index in [0.717, 1.165) is 16.6 Å². The van der Waals surface area contributed by atoms with Crippen LogP contribution < -0.4 is 16.0 Å². The Hall–Kier alpha value is -1.70. The molecule has 0 saturated heterocycles. The van der Waals surface area contributed by atoms with Crippen LogP contribution >= 0.6 is 0 Å². The molecule has 0 saturated carbocycles. The van der Waals surface area contributed by atoms with E-state index in [1.54, 1.807) is 6.20 Å². The largest absolute Gasteiger partial charge is 0.396 e. The minimum absolute atomic E-state index is 0.0302. The van der Waals surface area contributed by atoms with Crippen molar-refractivity contribution in [3.63, 3.8) is 0 Å². The van der Waals surface area contributed by atoms with Crippen molar-refractivity contribution in [2.45, 2.75) is 6.54 Å². The lowest BCUT2D eigenvalue weighted by Crippen LogP contribution is -2.27. The Labute approximate surface area is 104 Å². The topological polar surface area (TPSA) is 121 Å². The maximum Gasteiger partial charge on any atom is 0.387 e. The van der Waals surface area contributed by atoms with Crippen molar-refractivity contribution in [2.24, 2.45) is 5.92 Å². The summed E-state index contributed by atoms with van der Waals surface area (Å²) in [4.78, 5) is 10.1. The van der Waals surface area contributed by atoms with Gasteiger partial charge in [-0.1, -0.05) is 4.98 Å². The van der Waals surface area contributed by atoms with Gasteiger partial charge in [0, 0.05) is 44.0 Å². The number of aromatic amines is 2. The van der Waals surface area contributed by atoms with Crippen LogP contribution in [-0.4, -0.2) is 39.9 Å². The molecule has 0 fully saturated rings. The molecule has 0 aromatic carbocycles. The summed E-state index contributed by atoms with van der Waals surface area (Å²) in [6.07, 6.45) is 3.64. The molecule has 7 N–H and O–H groups in total. The van der Waals surface area contributed by atoms with Crippen LogP contribution in [0.15, 0.2) is 12.4 Å². The van der Waals surface area contributed by atoms with Crippen molar-refractivity contribution in [1.82, 2.24) is 15.3 Å². The molecule has 2 rings (SSSR count). The van der Waals surface area contributed by atoms with Gasteiger partial charge in [-0.05, 0) is 0 Å². The molecule has 2 aromatic heterocycles. The fraction of sp³-hybridized carbons (Fsp3) is 0.455. The van der Waals surface area contributed by atoms with Crippen molar-refractivity contribution in [3.8, 4) is 0 Å². The number of nitrogens with zero attached hydrogens (tertiary/aromatic N) is 1. The van der Waals surface area contributed by atoms with Gasteiger partial charge in [-0.2, -0.15) is 0 Å². The minimum atomic E-state index is -0.137. The molecule has 0 atom stereocenters. The molecular formula is C11H18N5O2+. The Morgan fingerprint density at radius 3 is 2.94 bits per heavy atom. The Morgan fingerprint density at radius 1 is 1.44 bits per heavy atom. The first kappa shape index (κ1) is 12.7. The molecule has 7 heteroatoms. The predicted molar refractivity (Wildman–Crippen MR) is 66.4 cm³/mol. The molecule has 0 radical (unpaired) electrons. The number of H-pyrrole nitrogens is 2. The molecule has 0 unspecified atom stereocenters. The van der Waals surface area contributed by atoms with E-state index in [1.807, 2.05) is 6.20 Å². The lowest BCUT2D eigenvalue weighted by molar-refractivity contribution is -0.362. The van der Waals surface area contributed by atoms with Crippen LogP contribution in [0.3, 0.4) is 0 Å². The molecule has 0 bridgehead atoms. The molecular weight excluding hydrogens is 234 g/mol. The Kier molecular flexibility index (Phi) is 4.08. The first-order valence-corrected chi connectivity index (χ1v) is 5.81. The number of rotatable bonds is 6. The quantitative estimate of drug-likeness (QED) is 0.435. The van der Waals surface area contributed by atoms with Crippen LogP contribution in [-0.2, 0) is 6.54 Å². The number of nitrogen functional groups attached to an aromatic ring is 1. The average molecular weight is 252 g/mol. The van der Waals surface area contributed by atoms with Gasteiger partial charge in [-0.15, -0.1) is 0 Å². The summed E-state index contributed by atoms with van der Waals surface area (Å²) < 4.78 is 0. The van der Waals surface area contributed by atoms with Crippen molar-refractivity contribution in [2.75, 3.05) is 25.5 Å². The number of fused-ring (bicyclic) bond motifs is 1. The first-order chi connectivity index (χ1) is 8.74. The molecule has 18 heavy (non-hydrogen) atoms.